The summed E-state index contributed by atoms with van der Waals surface area (Å²) in [5.41, 5.74) is 7.29. The maximum Gasteiger partial charge on any atom is 0.147 e. The van der Waals surface area contributed by atoms with Crippen molar-refractivity contribution in [2.75, 3.05) is 24.2 Å². The minimum Gasteiger partial charge on any atom is -0.396 e. The summed E-state index contributed by atoms with van der Waals surface area (Å²) in [5.74, 6) is 0.825. The highest BCUT2D eigenvalue weighted by Crippen LogP contribution is 2.20. The summed E-state index contributed by atoms with van der Waals surface area (Å²) in [5, 5.41) is 15.9. The molecule has 0 atom stereocenters. The van der Waals surface area contributed by atoms with Crippen molar-refractivity contribution in [3.8, 4) is 0 Å². The highest BCUT2D eigenvalue weighted by Gasteiger charge is 2.08. The Morgan fingerprint density at radius 3 is 2.77 bits per heavy atom. The first-order valence-corrected chi connectivity index (χ1v) is 4.30. The van der Waals surface area contributed by atoms with Crippen molar-refractivity contribution in [3.05, 3.63) is 5.69 Å². The first-order valence-electron chi connectivity index (χ1n) is 4.30. The van der Waals surface area contributed by atoms with Crippen LogP contribution in [0.4, 0.5) is 11.5 Å². The van der Waals surface area contributed by atoms with Crippen LogP contribution in [0.3, 0.4) is 0 Å². The second-order valence-corrected chi connectivity index (χ2v) is 2.98. The molecule has 0 aliphatic carbocycles. The Kier molecular flexibility index (Phi) is 3.13. The summed E-state index contributed by atoms with van der Waals surface area (Å²) in [6.45, 7) is 2.76. The zero-order valence-corrected chi connectivity index (χ0v) is 8.04. The van der Waals surface area contributed by atoms with E-state index < -0.39 is 0 Å². The molecule has 0 amide bonds. The zero-order valence-electron chi connectivity index (χ0n) is 8.04. The van der Waals surface area contributed by atoms with Crippen molar-refractivity contribution in [1.29, 1.82) is 0 Å². The van der Waals surface area contributed by atoms with Crippen LogP contribution >= 0.6 is 0 Å². The van der Waals surface area contributed by atoms with E-state index in [-0.39, 0.29) is 6.61 Å². The van der Waals surface area contributed by atoms with Gasteiger partial charge in [0.1, 0.15) is 5.82 Å². The normalized spacial score (nSPS) is 10.4. The third-order valence-corrected chi connectivity index (χ3v) is 1.90. The highest BCUT2D eigenvalue weighted by molar-refractivity contribution is 5.64. The van der Waals surface area contributed by atoms with Crippen LogP contribution in [0.2, 0.25) is 0 Å². The van der Waals surface area contributed by atoms with Gasteiger partial charge in [0, 0.05) is 20.2 Å². The van der Waals surface area contributed by atoms with Gasteiger partial charge in [-0.3, -0.25) is 4.68 Å². The van der Waals surface area contributed by atoms with Gasteiger partial charge in [0.25, 0.3) is 0 Å². The number of rotatable bonds is 4. The van der Waals surface area contributed by atoms with Crippen molar-refractivity contribution < 1.29 is 5.11 Å². The van der Waals surface area contributed by atoms with E-state index in [0.29, 0.717) is 18.7 Å². The smallest absolute Gasteiger partial charge is 0.147 e. The van der Waals surface area contributed by atoms with Gasteiger partial charge in [-0.15, -0.1) is 0 Å². The van der Waals surface area contributed by atoms with Gasteiger partial charge in [-0.05, 0) is 13.3 Å². The van der Waals surface area contributed by atoms with E-state index >= 15 is 0 Å². The number of anilines is 2. The van der Waals surface area contributed by atoms with E-state index in [1.807, 2.05) is 14.0 Å². The Hall–Kier alpha value is -1.23. The van der Waals surface area contributed by atoms with Gasteiger partial charge in [0.05, 0.1) is 11.4 Å². The van der Waals surface area contributed by atoms with Gasteiger partial charge in [-0.25, -0.2) is 0 Å². The van der Waals surface area contributed by atoms with Crippen molar-refractivity contribution in [1.82, 2.24) is 9.78 Å². The Morgan fingerprint density at radius 2 is 2.31 bits per heavy atom. The molecule has 0 radical (unpaired) electrons. The second-order valence-electron chi connectivity index (χ2n) is 2.98. The minimum absolute atomic E-state index is 0.184. The lowest BCUT2D eigenvalue weighted by Crippen LogP contribution is -2.08. The maximum atomic E-state index is 8.59. The predicted molar refractivity (Wildman–Crippen MR) is 52.5 cm³/mol. The monoisotopic (exact) mass is 184 g/mol. The number of aliphatic hydroxyl groups is 1. The summed E-state index contributed by atoms with van der Waals surface area (Å²) >= 11 is 0. The average Bonchev–Trinajstić information content (AvgIpc) is 2.32. The first kappa shape index (κ1) is 9.85. The fraction of sp³-hybridized carbons (Fsp3) is 0.625. The lowest BCUT2D eigenvalue weighted by atomic mass is 10.4. The SMILES string of the molecule is Cc1nn(C)c(NCCCO)c1N. The van der Waals surface area contributed by atoms with Gasteiger partial charge in [-0.1, -0.05) is 0 Å². The number of nitrogens with zero attached hydrogens (tertiary/aromatic N) is 2. The molecule has 0 unspecified atom stereocenters. The lowest BCUT2D eigenvalue weighted by molar-refractivity contribution is 0.292. The number of aryl methyl sites for hydroxylation is 2. The molecule has 4 N–H and O–H groups in total. The Morgan fingerprint density at radius 1 is 1.62 bits per heavy atom. The van der Waals surface area contributed by atoms with Crippen LogP contribution in [0, 0.1) is 6.92 Å². The van der Waals surface area contributed by atoms with Gasteiger partial charge >= 0.3 is 0 Å². The van der Waals surface area contributed by atoms with Gasteiger partial charge in [0.2, 0.25) is 0 Å². The van der Waals surface area contributed by atoms with Crippen LogP contribution in [-0.2, 0) is 7.05 Å². The molecule has 5 nitrogen and oxygen atoms in total. The van der Waals surface area contributed by atoms with Gasteiger partial charge in [0.15, 0.2) is 0 Å². The molecule has 13 heavy (non-hydrogen) atoms. The molecule has 0 spiro atoms. The minimum atomic E-state index is 0.184. The highest BCUT2D eigenvalue weighted by atomic mass is 16.3. The molecule has 5 heteroatoms. The summed E-state index contributed by atoms with van der Waals surface area (Å²) in [6, 6.07) is 0. The molecule has 1 rings (SSSR count). The van der Waals surface area contributed by atoms with Crippen molar-refractivity contribution in [2.24, 2.45) is 7.05 Å². The first-order chi connectivity index (χ1) is 6.16. The molecular formula is C8H16N4O. The molecule has 1 aromatic heterocycles. The van der Waals surface area contributed by atoms with E-state index in [9.17, 15) is 0 Å². The molecule has 0 aliphatic rings. The number of nitrogen functional groups attached to an aromatic ring is 1. The standard InChI is InChI=1S/C8H16N4O/c1-6-7(9)8(12(2)11-6)10-4-3-5-13/h10,13H,3-5,9H2,1-2H3. The Balaban J connectivity index is 2.64. The molecule has 0 saturated heterocycles. The van der Waals surface area contributed by atoms with E-state index in [1.54, 1.807) is 4.68 Å². The molecule has 0 fully saturated rings. The summed E-state index contributed by atoms with van der Waals surface area (Å²) in [6.07, 6.45) is 0.712. The van der Waals surface area contributed by atoms with E-state index in [0.717, 1.165) is 11.5 Å². The van der Waals surface area contributed by atoms with E-state index in [2.05, 4.69) is 10.4 Å². The third-order valence-electron chi connectivity index (χ3n) is 1.90. The van der Waals surface area contributed by atoms with Gasteiger partial charge < -0.3 is 16.2 Å². The number of hydrogen-bond acceptors (Lipinski definition) is 4. The van der Waals surface area contributed by atoms with Crippen LogP contribution in [0.25, 0.3) is 0 Å². The zero-order chi connectivity index (χ0) is 9.84. The van der Waals surface area contributed by atoms with Crippen LogP contribution < -0.4 is 11.1 Å². The average molecular weight is 184 g/mol. The molecular weight excluding hydrogens is 168 g/mol. The molecule has 1 heterocycles. The number of nitrogens with one attached hydrogen (secondary N) is 1. The Labute approximate surface area is 77.5 Å². The fourth-order valence-electron chi connectivity index (χ4n) is 1.17. The van der Waals surface area contributed by atoms with E-state index in [1.165, 1.54) is 0 Å². The predicted octanol–water partition coefficient (Wildman–Crippen LogP) is 0.105. The van der Waals surface area contributed by atoms with Crippen LogP contribution in [0.1, 0.15) is 12.1 Å². The molecule has 0 aliphatic heterocycles. The largest absolute Gasteiger partial charge is 0.396 e. The van der Waals surface area contributed by atoms with Crippen LogP contribution in [-0.4, -0.2) is 28.0 Å². The quantitative estimate of drug-likeness (QED) is 0.580. The molecule has 74 valence electrons. The van der Waals surface area contributed by atoms with Crippen LogP contribution in [0.15, 0.2) is 0 Å². The summed E-state index contributed by atoms with van der Waals surface area (Å²) in [7, 11) is 1.84. The van der Waals surface area contributed by atoms with Crippen molar-refractivity contribution >= 4 is 11.5 Å². The number of nitrogens with two attached hydrogens (primary N) is 1. The van der Waals surface area contributed by atoms with Crippen molar-refractivity contribution in [3.63, 3.8) is 0 Å². The van der Waals surface area contributed by atoms with Gasteiger partial charge in [-0.2, -0.15) is 5.10 Å². The maximum absolute atomic E-state index is 8.59. The molecule has 0 saturated carbocycles. The van der Waals surface area contributed by atoms with Crippen molar-refractivity contribution in [2.45, 2.75) is 13.3 Å². The Bertz CT molecular complexity index is 282. The second kappa shape index (κ2) is 4.13. The molecule has 0 bridgehead atoms. The topological polar surface area (TPSA) is 76.1 Å². The van der Waals surface area contributed by atoms with Crippen LogP contribution in [0.5, 0.6) is 0 Å². The summed E-state index contributed by atoms with van der Waals surface area (Å²) < 4.78 is 1.71. The third kappa shape index (κ3) is 2.12. The number of hydrogen-bond donors (Lipinski definition) is 3. The lowest BCUT2D eigenvalue weighted by Gasteiger charge is -2.05. The number of aromatic nitrogens is 2. The number of aliphatic hydroxyl groups excluding tert-OH is 1. The summed E-state index contributed by atoms with van der Waals surface area (Å²) in [4.78, 5) is 0. The molecule has 1 aromatic rings. The van der Waals surface area contributed by atoms with E-state index in [4.69, 9.17) is 10.8 Å². The molecule has 0 aromatic carbocycles. The fourth-order valence-corrected chi connectivity index (χ4v) is 1.17.